The lowest BCUT2D eigenvalue weighted by atomic mass is 10.3. The molecule has 0 bridgehead atoms. The van der Waals surface area contributed by atoms with Crippen molar-refractivity contribution in [1.29, 1.82) is 0 Å². The minimum atomic E-state index is -4.09. The van der Waals surface area contributed by atoms with E-state index in [4.69, 9.17) is 4.74 Å². The summed E-state index contributed by atoms with van der Waals surface area (Å²) >= 11 is 0. The lowest BCUT2D eigenvalue weighted by Crippen LogP contribution is -2.49. The van der Waals surface area contributed by atoms with Crippen molar-refractivity contribution in [3.05, 3.63) is 59.9 Å². The summed E-state index contributed by atoms with van der Waals surface area (Å²) < 4.78 is 71.9. The van der Waals surface area contributed by atoms with Crippen molar-refractivity contribution in [2.45, 2.75) is 4.90 Å². The van der Waals surface area contributed by atoms with Gasteiger partial charge < -0.3 is 4.74 Å². The minimum Gasteiger partial charge on any atom is -0.492 e. The first-order valence-corrected chi connectivity index (χ1v) is 9.86. The number of hydrogen-bond acceptors (Lipinski definition) is 4. The third-order valence-electron chi connectivity index (χ3n) is 4.31. The van der Waals surface area contributed by atoms with Crippen LogP contribution in [-0.4, -0.2) is 57.0 Å². The van der Waals surface area contributed by atoms with Crippen LogP contribution < -0.4 is 4.74 Å². The lowest BCUT2D eigenvalue weighted by molar-refractivity contribution is 0.158. The van der Waals surface area contributed by atoms with E-state index in [-0.39, 0.29) is 18.9 Å². The van der Waals surface area contributed by atoms with Crippen LogP contribution in [-0.2, 0) is 10.0 Å². The van der Waals surface area contributed by atoms with Crippen LogP contribution in [0, 0.1) is 17.5 Å². The molecule has 5 nitrogen and oxygen atoms in total. The maximum Gasteiger partial charge on any atom is 0.246 e. The number of rotatable bonds is 6. The number of ether oxygens (including phenoxy) is 1. The molecule has 9 heteroatoms. The zero-order chi connectivity index (χ0) is 19.4. The average molecular weight is 400 g/mol. The summed E-state index contributed by atoms with van der Waals surface area (Å²) in [6.45, 7) is 2.06. The summed E-state index contributed by atoms with van der Waals surface area (Å²) in [7, 11) is -4.09. The molecule has 0 spiro atoms. The predicted molar refractivity (Wildman–Crippen MR) is 93.5 cm³/mol. The smallest absolute Gasteiger partial charge is 0.246 e. The predicted octanol–water partition coefficient (Wildman–Crippen LogP) is 2.49. The topological polar surface area (TPSA) is 49.9 Å². The van der Waals surface area contributed by atoms with Gasteiger partial charge in [-0.3, -0.25) is 4.90 Å². The van der Waals surface area contributed by atoms with Crippen molar-refractivity contribution in [2.75, 3.05) is 39.3 Å². The number of sulfonamides is 1. The SMILES string of the molecule is O=S(=O)(c1cc(F)ccc1F)N1CCN(CCOc2cccc(F)c2)CC1. The van der Waals surface area contributed by atoms with Crippen molar-refractivity contribution in [3.63, 3.8) is 0 Å². The van der Waals surface area contributed by atoms with Gasteiger partial charge in [-0.1, -0.05) is 6.07 Å². The fourth-order valence-electron chi connectivity index (χ4n) is 2.86. The van der Waals surface area contributed by atoms with E-state index in [1.54, 1.807) is 12.1 Å². The molecule has 1 aliphatic rings. The molecule has 27 heavy (non-hydrogen) atoms. The van der Waals surface area contributed by atoms with E-state index >= 15 is 0 Å². The highest BCUT2D eigenvalue weighted by molar-refractivity contribution is 7.89. The largest absolute Gasteiger partial charge is 0.492 e. The first-order chi connectivity index (χ1) is 12.9. The molecule has 0 aromatic heterocycles. The molecule has 0 amide bonds. The molecule has 0 saturated carbocycles. The van der Waals surface area contributed by atoms with Gasteiger partial charge in [0.15, 0.2) is 0 Å². The monoisotopic (exact) mass is 400 g/mol. The van der Waals surface area contributed by atoms with E-state index in [2.05, 4.69) is 0 Å². The summed E-state index contributed by atoms with van der Waals surface area (Å²) in [4.78, 5) is 1.35. The van der Waals surface area contributed by atoms with Gasteiger partial charge in [0.05, 0.1) is 0 Å². The molecule has 1 fully saturated rings. The Balaban J connectivity index is 1.53. The second-order valence-electron chi connectivity index (χ2n) is 6.13. The molecule has 2 aromatic carbocycles. The van der Waals surface area contributed by atoms with Crippen LogP contribution >= 0.6 is 0 Å². The van der Waals surface area contributed by atoms with Gasteiger partial charge in [-0.2, -0.15) is 4.31 Å². The number of piperazine rings is 1. The molecule has 0 unspecified atom stereocenters. The minimum absolute atomic E-state index is 0.165. The van der Waals surface area contributed by atoms with Crippen molar-refractivity contribution >= 4 is 10.0 Å². The van der Waals surface area contributed by atoms with Crippen molar-refractivity contribution in [2.24, 2.45) is 0 Å². The van der Waals surface area contributed by atoms with Gasteiger partial charge in [0.2, 0.25) is 10.0 Å². The summed E-state index contributed by atoms with van der Waals surface area (Å²) in [5.74, 6) is -1.72. The second-order valence-corrected chi connectivity index (χ2v) is 8.03. The van der Waals surface area contributed by atoms with Gasteiger partial charge in [-0.15, -0.1) is 0 Å². The van der Waals surface area contributed by atoms with E-state index in [1.807, 2.05) is 4.90 Å². The zero-order valence-electron chi connectivity index (χ0n) is 14.4. The Kier molecular flexibility index (Phi) is 6.03. The summed E-state index contributed by atoms with van der Waals surface area (Å²) in [5, 5.41) is 0. The fraction of sp³-hybridized carbons (Fsp3) is 0.333. The highest BCUT2D eigenvalue weighted by Gasteiger charge is 2.30. The van der Waals surface area contributed by atoms with Gasteiger partial charge in [0.25, 0.3) is 0 Å². The maximum atomic E-state index is 13.8. The molecule has 0 N–H and O–H groups in total. The number of halogens is 3. The Bertz CT molecular complexity index is 900. The zero-order valence-corrected chi connectivity index (χ0v) is 15.3. The molecule has 146 valence electrons. The average Bonchev–Trinajstić information content (AvgIpc) is 2.64. The Morgan fingerprint density at radius 1 is 0.926 bits per heavy atom. The van der Waals surface area contributed by atoms with Crippen LogP contribution in [0.1, 0.15) is 0 Å². The molecule has 1 heterocycles. The molecular weight excluding hydrogens is 381 g/mol. The number of nitrogens with zero attached hydrogens (tertiary/aromatic N) is 2. The Hall–Kier alpha value is -2.10. The van der Waals surface area contributed by atoms with Crippen LogP contribution in [0.4, 0.5) is 13.2 Å². The Morgan fingerprint density at radius 3 is 2.33 bits per heavy atom. The van der Waals surface area contributed by atoms with Gasteiger partial charge in [0.1, 0.15) is 34.7 Å². The molecule has 0 radical (unpaired) electrons. The van der Waals surface area contributed by atoms with E-state index in [0.29, 0.717) is 38.1 Å². The first-order valence-electron chi connectivity index (χ1n) is 8.42. The van der Waals surface area contributed by atoms with E-state index < -0.39 is 26.6 Å². The van der Waals surface area contributed by atoms with E-state index in [0.717, 1.165) is 16.4 Å². The Labute approximate surface area is 156 Å². The standard InChI is InChI=1S/C18H19F3N2O3S/c19-14-2-1-3-16(12-14)26-11-10-22-6-8-23(9-7-22)27(24,25)18-13-15(20)4-5-17(18)21/h1-5,12-13H,6-11H2. The molecule has 1 aliphatic heterocycles. The highest BCUT2D eigenvalue weighted by Crippen LogP contribution is 2.21. The summed E-state index contributed by atoms with van der Waals surface area (Å²) in [6, 6.07) is 8.21. The van der Waals surface area contributed by atoms with E-state index in [9.17, 15) is 21.6 Å². The summed E-state index contributed by atoms with van der Waals surface area (Å²) in [5.41, 5.74) is 0. The molecular formula is C18H19F3N2O3S. The lowest BCUT2D eigenvalue weighted by Gasteiger charge is -2.33. The third kappa shape index (κ3) is 4.79. The maximum absolute atomic E-state index is 13.8. The van der Waals surface area contributed by atoms with Crippen LogP contribution in [0.2, 0.25) is 0 Å². The van der Waals surface area contributed by atoms with Crippen molar-refractivity contribution in [3.8, 4) is 5.75 Å². The van der Waals surface area contributed by atoms with Crippen LogP contribution in [0.25, 0.3) is 0 Å². The molecule has 0 aliphatic carbocycles. The van der Waals surface area contributed by atoms with Crippen LogP contribution in [0.3, 0.4) is 0 Å². The molecule has 1 saturated heterocycles. The third-order valence-corrected chi connectivity index (χ3v) is 6.23. The van der Waals surface area contributed by atoms with Crippen LogP contribution in [0.5, 0.6) is 5.75 Å². The normalized spacial score (nSPS) is 16.4. The van der Waals surface area contributed by atoms with Crippen molar-refractivity contribution < 1.29 is 26.3 Å². The molecule has 2 aromatic rings. The number of benzene rings is 2. The fourth-order valence-corrected chi connectivity index (χ4v) is 4.35. The second kappa shape index (κ2) is 8.28. The first kappa shape index (κ1) is 19.7. The highest BCUT2D eigenvalue weighted by atomic mass is 32.2. The van der Waals surface area contributed by atoms with E-state index in [1.165, 1.54) is 12.1 Å². The molecule has 3 rings (SSSR count). The number of hydrogen-bond donors (Lipinski definition) is 0. The van der Waals surface area contributed by atoms with Gasteiger partial charge in [-0.05, 0) is 30.3 Å². The van der Waals surface area contributed by atoms with Gasteiger partial charge in [0, 0.05) is 38.8 Å². The summed E-state index contributed by atoms with van der Waals surface area (Å²) in [6.07, 6.45) is 0. The van der Waals surface area contributed by atoms with Gasteiger partial charge >= 0.3 is 0 Å². The van der Waals surface area contributed by atoms with Crippen LogP contribution in [0.15, 0.2) is 47.4 Å². The quantitative estimate of drug-likeness (QED) is 0.748. The van der Waals surface area contributed by atoms with Gasteiger partial charge in [-0.25, -0.2) is 21.6 Å². The molecule has 0 atom stereocenters. The van der Waals surface area contributed by atoms with Crippen molar-refractivity contribution in [1.82, 2.24) is 9.21 Å². The Morgan fingerprint density at radius 2 is 1.63 bits per heavy atom.